The first-order valence-electron chi connectivity index (χ1n) is 3.87. The zero-order chi connectivity index (χ0) is 6.97. The van der Waals surface area contributed by atoms with Gasteiger partial charge in [-0.1, -0.05) is 6.08 Å². The van der Waals surface area contributed by atoms with Gasteiger partial charge in [0.05, 0.1) is 0 Å². The zero-order valence-electron chi connectivity index (χ0n) is 6.34. The van der Waals surface area contributed by atoms with E-state index in [1.165, 1.54) is 25.9 Å². The molecule has 2 aliphatic rings. The highest BCUT2D eigenvalue weighted by atomic mass is 32.2. The number of nitrogens with zero attached hydrogens (tertiary/aromatic N) is 1. The van der Waals surface area contributed by atoms with Crippen LogP contribution in [0.1, 0.15) is 12.8 Å². The Labute approximate surface area is 66.5 Å². The lowest BCUT2D eigenvalue weighted by molar-refractivity contribution is 0.430. The lowest BCUT2D eigenvalue weighted by Gasteiger charge is -2.12. The van der Waals surface area contributed by atoms with Crippen LogP contribution in [-0.2, 0) is 0 Å². The maximum atomic E-state index is 2.53. The summed E-state index contributed by atoms with van der Waals surface area (Å²) in [7, 11) is 0. The topological polar surface area (TPSA) is 3.24 Å². The molecule has 2 rings (SSSR count). The Morgan fingerprint density at radius 3 is 3.30 bits per heavy atom. The fourth-order valence-corrected chi connectivity index (χ4v) is 2.45. The molecule has 2 aliphatic heterocycles. The van der Waals surface area contributed by atoms with Crippen LogP contribution in [-0.4, -0.2) is 29.5 Å². The molecule has 1 fully saturated rings. The van der Waals surface area contributed by atoms with Gasteiger partial charge in [0.2, 0.25) is 0 Å². The first kappa shape index (κ1) is 6.59. The fraction of sp³-hybridized carbons (Fsp3) is 0.750. The second kappa shape index (κ2) is 2.50. The number of fused-ring (bicyclic) bond motifs is 1. The molecular weight excluding hydrogens is 142 g/mol. The van der Waals surface area contributed by atoms with Crippen LogP contribution in [0.2, 0.25) is 0 Å². The van der Waals surface area contributed by atoms with Crippen molar-refractivity contribution >= 4 is 11.8 Å². The van der Waals surface area contributed by atoms with Gasteiger partial charge in [-0.05, 0) is 12.7 Å². The van der Waals surface area contributed by atoms with Crippen LogP contribution in [0.3, 0.4) is 0 Å². The third-order valence-electron chi connectivity index (χ3n) is 2.38. The zero-order valence-corrected chi connectivity index (χ0v) is 7.16. The SMILES string of the molecule is CS[C@@H]1CC2=CCCN2C1. The molecule has 0 unspecified atom stereocenters. The number of hydrogen-bond donors (Lipinski definition) is 0. The molecule has 0 bridgehead atoms. The molecule has 1 nitrogen and oxygen atoms in total. The molecule has 56 valence electrons. The Kier molecular flexibility index (Phi) is 1.65. The van der Waals surface area contributed by atoms with E-state index in [9.17, 15) is 0 Å². The van der Waals surface area contributed by atoms with E-state index in [4.69, 9.17) is 0 Å². The van der Waals surface area contributed by atoms with E-state index in [0.717, 1.165) is 5.25 Å². The molecule has 0 aromatic heterocycles. The van der Waals surface area contributed by atoms with Gasteiger partial charge in [-0.25, -0.2) is 0 Å². The van der Waals surface area contributed by atoms with E-state index in [1.54, 1.807) is 5.70 Å². The molecule has 2 heterocycles. The van der Waals surface area contributed by atoms with Gasteiger partial charge in [-0.3, -0.25) is 0 Å². The van der Waals surface area contributed by atoms with E-state index in [0.29, 0.717) is 0 Å². The summed E-state index contributed by atoms with van der Waals surface area (Å²) in [6.07, 6.45) is 7.22. The fourth-order valence-electron chi connectivity index (χ4n) is 1.78. The smallest absolute Gasteiger partial charge is 0.0298 e. The maximum Gasteiger partial charge on any atom is 0.0298 e. The summed E-state index contributed by atoms with van der Waals surface area (Å²) in [5, 5.41) is 0.881. The van der Waals surface area contributed by atoms with Crippen LogP contribution >= 0.6 is 11.8 Å². The van der Waals surface area contributed by atoms with Gasteiger partial charge in [0.1, 0.15) is 0 Å². The first-order valence-corrected chi connectivity index (χ1v) is 5.15. The molecule has 1 atom stereocenters. The molecule has 0 spiro atoms. The van der Waals surface area contributed by atoms with Crippen molar-refractivity contribution in [3.63, 3.8) is 0 Å². The van der Waals surface area contributed by atoms with Crippen LogP contribution in [0.4, 0.5) is 0 Å². The van der Waals surface area contributed by atoms with Crippen LogP contribution in [0.15, 0.2) is 11.8 Å². The molecular formula is C8H13NS. The lowest BCUT2D eigenvalue weighted by Crippen LogP contribution is -2.17. The molecule has 0 aromatic carbocycles. The predicted octanol–water partition coefficient (Wildman–Crippen LogP) is 1.71. The highest BCUT2D eigenvalue weighted by Gasteiger charge is 2.27. The quantitative estimate of drug-likeness (QED) is 0.567. The van der Waals surface area contributed by atoms with Crippen molar-refractivity contribution in [1.29, 1.82) is 0 Å². The van der Waals surface area contributed by atoms with E-state index in [1.807, 2.05) is 11.8 Å². The van der Waals surface area contributed by atoms with Gasteiger partial charge in [-0.15, -0.1) is 0 Å². The molecule has 0 N–H and O–H groups in total. The van der Waals surface area contributed by atoms with Gasteiger partial charge in [0.15, 0.2) is 0 Å². The summed E-state index contributed by atoms with van der Waals surface area (Å²) in [5.41, 5.74) is 1.61. The minimum absolute atomic E-state index is 0.881. The van der Waals surface area contributed by atoms with Gasteiger partial charge >= 0.3 is 0 Å². The number of thioether (sulfide) groups is 1. The molecule has 10 heavy (non-hydrogen) atoms. The minimum Gasteiger partial charge on any atom is -0.374 e. The van der Waals surface area contributed by atoms with Crippen molar-refractivity contribution in [1.82, 2.24) is 4.90 Å². The van der Waals surface area contributed by atoms with E-state index < -0.39 is 0 Å². The monoisotopic (exact) mass is 155 g/mol. The van der Waals surface area contributed by atoms with Crippen LogP contribution in [0, 0.1) is 0 Å². The van der Waals surface area contributed by atoms with Gasteiger partial charge < -0.3 is 4.90 Å². The minimum atomic E-state index is 0.881. The predicted molar refractivity (Wildman–Crippen MR) is 46.2 cm³/mol. The van der Waals surface area contributed by atoms with Crippen molar-refractivity contribution < 1.29 is 0 Å². The highest BCUT2D eigenvalue weighted by molar-refractivity contribution is 7.99. The van der Waals surface area contributed by atoms with Crippen molar-refractivity contribution in [2.75, 3.05) is 19.3 Å². The summed E-state index contributed by atoms with van der Waals surface area (Å²) in [5.74, 6) is 0. The Morgan fingerprint density at radius 1 is 1.70 bits per heavy atom. The summed E-state index contributed by atoms with van der Waals surface area (Å²) >= 11 is 2.01. The molecule has 0 amide bonds. The van der Waals surface area contributed by atoms with Crippen LogP contribution in [0.5, 0.6) is 0 Å². The standard InChI is InChI=1S/C8H13NS/c1-10-8-5-7-3-2-4-9(7)6-8/h3,8H,2,4-6H2,1H3/t8-/m1/s1. The van der Waals surface area contributed by atoms with E-state index >= 15 is 0 Å². The number of allylic oxidation sites excluding steroid dienone is 1. The van der Waals surface area contributed by atoms with Crippen molar-refractivity contribution in [3.8, 4) is 0 Å². The normalized spacial score (nSPS) is 30.7. The second-order valence-corrected chi connectivity index (χ2v) is 4.13. The Bertz CT molecular complexity index is 165. The van der Waals surface area contributed by atoms with Crippen LogP contribution in [0.25, 0.3) is 0 Å². The van der Waals surface area contributed by atoms with Crippen LogP contribution < -0.4 is 0 Å². The number of hydrogen-bond acceptors (Lipinski definition) is 2. The summed E-state index contributed by atoms with van der Waals surface area (Å²) in [6.45, 7) is 2.58. The largest absolute Gasteiger partial charge is 0.374 e. The Hall–Kier alpha value is -0.110. The molecule has 0 radical (unpaired) electrons. The van der Waals surface area contributed by atoms with E-state index in [-0.39, 0.29) is 0 Å². The average molecular weight is 155 g/mol. The molecule has 0 aliphatic carbocycles. The maximum absolute atomic E-state index is 2.53. The third kappa shape index (κ3) is 0.947. The summed E-state index contributed by atoms with van der Waals surface area (Å²) in [4.78, 5) is 2.53. The second-order valence-electron chi connectivity index (χ2n) is 2.99. The Balaban J connectivity index is 2.05. The highest BCUT2D eigenvalue weighted by Crippen LogP contribution is 2.31. The lowest BCUT2D eigenvalue weighted by atomic mass is 10.3. The summed E-state index contributed by atoms with van der Waals surface area (Å²) < 4.78 is 0. The van der Waals surface area contributed by atoms with Crippen molar-refractivity contribution in [2.45, 2.75) is 18.1 Å². The third-order valence-corrected chi connectivity index (χ3v) is 3.36. The van der Waals surface area contributed by atoms with E-state index in [2.05, 4.69) is 17.2 Å². The first-order chi connectivity index (χ1) is 4.90. The Morgan fingerprint density at radius 2 is 2.60 bits per heavy atom. The van der Waals surface area contributed by atoms with Crippen molar-refractivity contribution in [3.05, 3.63) is 11.8 Å². The molecule has 0 saturated carbocycles. The summed E-state index contributed by atoms with van der Waals surface area (Å²) in [6, 6.07) is 0. The molecule has 1 saturated heterocycles. The average Bonchev–Trinajstić information content (AvgIpc) is 2.42. The molecule has 2 heteroatoms. The van der Waals surface area contributed by atoms with Gasteiger partial charge in [0.25, 0.3) is 0 Å². The number of rotatable bonds is 1. The molecule has 0 aromatic rings. The van der Waals surface area contributed by atoms with Gasteiger partial charge in [-0.2, -0.15) is 11.8 Å². The van der Waals surface area contributed by atoms with Gasteiger partial charge in [0, 0.05) is 30.5 Å². The van der Waals surface area contributed by atoms with Crippen molar-refractivity contribution in [2.24, 2.45) is 0 Å².